The number of ether oxygens (including phenoxy) is 2. The number of anilines is 2. The predicted molar refractivity (Wildman–Crippen MR) is 140 cm³/mol. The molecule has 0 aliphatic carbocycles. The van der Waals surface area contributed by atoms with Crippen LogP contribution in [0.2, 0.25) is 0 Å². The van der Waals surface area contributed by atoms with Crippen molar-refractivity contribution in [2.45, 2.75) is 19.1 Å². The first-order chi connectivity index (χ1) is 19.5. The number of imidazole rings is 1. The van der Waals surface area contributed by atoms with E-state index >= 15 is 0 Å². The molecule has 1 unspecified atom stereocenters. The van der Waals surface area contributed by atoms with Crippen molar-refractivity contribution in [1.82, 2.24) is 35.2 Å². The molecule has 16 heteroatoms. The number of carbonyl (C=O) groups is 1. The summed E-state index contributed by atoms with van der Waals surface area (Å²) in [6.45, 7) is 1.96. The van der Waals surface area contributed by atoms with Gasteiger partial charge in [-0.15, -0.1) is 0 Å². The highest BCUT2D eigenvalue weighted by Gasteiger charge is 2.32. The molecular weight excluding hydrogens is 550 g/mol. The molecule has 4 aromatic rings. The summed E-state index contributed by atoms with van der Waals surface area (Å²) in [4.78, 5) is 36.1. The summed E-state index contributed by atoms with van der Waals surface area (Å²) >= 11 is 0. The van der Waals surface area contributed by atoms with Gasteiger partial charge >= 0.3 is 6.18 Å². The number of methoxy groups -OCH3 is 2. The van der Waals surface area contributed by atoms with Gasteiger partial charge in [0.25, 0.3) is 5.88 Å². The van der Waals surface area contributed by atoms with Crippen LogP contribution in [0.25, 0.3) is 34.2 Å². The maximum atomic E-state index is 14.9. The molecule has 5 N–H and O–H groups in total. The van der Waals surface area contributed by atoms with Crippen LogP contribution in [0.4, 0.5) is 29.3 Å². The number of aromatic amines is 1. The third-order valence-corrected chi connectivity index (χ3v) is 5.62. The van der Waals surface area contributed by atoms with Crippen LogP contribution >= 0.6 is 0 Å². The molecule has 41 heavy (non-hydrogen) atoms. The van der Waals surface area contributed by atoms with Crippen molar-refractivity contribution < 1.29 is 31.8 Å². The van der Waals surface area contributed by atoms with Crippen LogP contribution in [0.1, 0.15) is 12.5 Å². The molecule has 0 aliphatic heterocycles. The van der Waals surface area contributed by atoms with Gasteiger partial charge in [0.2, 0.25) is 11.9 Å². The van der Waals surface area contributed by atoms with Gasteiger partial charge in [0.15, 0.2) is 5.82 Å². The minimum Gasteiger partial charge on any atom is -0.478 e. The number of aromatic nitrogens is 6. The Morgan fingerprint density at radius 2 is 1.90 bits per heavy atom. The lowest BCUT2D eigenvalue weighted by Gasteiger charge is -2.14. The van der Waals surface area contributed by atoms with Crippen molar-refractivity contribution in [3.63, 3.8) is 0 Å². The fourth-order valence-corrected chi connectivity index (χ4v) is 3.73. The smallest absolute Gasteiger partial charge is 0.416 e. The highest BCUT2D eigenvalue weighted by atomic mass is 19.4. The molecule has 0 saturated carbocycles. The Balaban J connectivity index is 1.73. The average Bonchev–Trinajstić information content (AvgIpc) is 3.37. The Bertz CT molecular complexity index is 1550. The topological polar surface area (TPSA) is 166 Å². The van der Waals surface area contributed by atoms with E-state index in [9.17, 15) is 22.4 Å². The number of hydrogen-bond donors (Lipinski definition) is 4. The molecule has 1 amide bonds. The number of halogens is 4. The van der Waals surface area contributed by atoms with Gasteiger partial charge in [-0.25, -0.2) is 29.3 Å². The van der Waals surface area contributed by atoms with Crippen LogP contribution in [0.3, 0.4) is 0 Å². The second-order valence-electron chi connectivity index (χ2n) is 8.70. The maximum Gasteiger partial charge on any atom is 0.416 e. The number of benzene rings is 1. The number of H-pyrrole nitrogens is 1. The Morgan fingerprint density at radius 1 is 1.12 bits per heavy atom. The van der Waals surface area contributed by atoms with Crippen LogP contribution in [-0.2, 0) is 15.7 Å². The molecule has 0 spiro atoms. The highest BCUT2D eigenvalue weighted by Crippen LogP contribution is 2.36. The van der Waals surface area contributed by atoms with E-state index in [1.807, 2.05) is 0 Å². The number of nitrogens with two attached hydrogens (primary N) is 1. The van der Waals surface area contributed by atoms with E-state index in [4.69, 9.17) is 15.2 Å². The summed E-state index contributed by atoms with van der Waals surface area (Å²) in [6, 6.07) is 3.38. The minimum absolute atomic E-state index is 0.00765. The maximum absolute atomic E-state index is 14.9. The van der Waals surface area contributed by atoms with E-state index in [0.717, 1.165) is 12.1 Å². The quantitative estimate of drug-likeness (QED) is 0.206. The Hall–Kier alpha value is -4.86. The second-order valence-corrected chi connectivity index (χ2v) is 8.70. The zero-order chi connectivity index (χ0) is 29.7. The fraction of sp³-hybridized carbons (Fsp3) is 0.280. The van der Waals surface area contributed by atoms with E-state index < -0.39 is 17.6 Å². The van der Waals surface area contributed by atoms with Crippen LogP contribution in [0, 0.1) is 5.82 Å². The summed E-state index contributed by atoms with van der Waals surface area (Å²) in [5.41, 5.74) is 5.28. The molecule has 1 atom stereocenters. The third-order valence-electron chi connectivity index (χ3n) is 5.62. The van der Waals surface area contributed by atoms with Gasteiger partial charge in [-0.3, -0.25) is 4.79 Å². The summed E-state index contributed by atoms with van der Waals surface area (Å²) in [6.07, 6.45) is -1.95. The Labute approximate surface area is 230 Å². The second kappa shape index (κ2) is 12.1. The zero-order valence-corrected chi connectivity index (χ0v) is 22.0. The van der Waals surface area contributed by atoms with Gasteiger partial charge in [-0.2, -0.15) is 13.2 Å². The van der Waals surface area contributed by atoms with Gasteiger partial charge in [0.1, 0.15) is 29.6 Å². The molecule has 216 valence electrons. The first-order valence-electron chi connectivity index (χ1n) is 12.0. The molecule has 0 fully saturated rings. The lowest BCUT2D eigenvalue weighted by molar-refractivity contribution is -0.137. The number of amides is 1. The molecule has 0 aliphatic rings. The molecule has 0 bridgehead atoms. The number of alkyl halides is 3. The number of nitrogens with one attached hydrogen (secondary N) is 3. The largest absolute Gasteiger partial charge is 0.478 e. The fourth-order valence-electron chi connectivity index (χ4n) is 3.73. The first kappa shape index (κ1) is 29.1. The number of carbonyl (C=O) groups excluding carboxylic acids is 1. The normalized spacial score (nSPS) is 12.2. The summed E-state index contributed by atoms with van der Waals surface area (Å²) in [7, 11) is 2.76. The van der Waals surface area contributed by atoms with Gasteiger partial charge in [0, 0.05) is 25.9 Å². The van der Waals surface area contributed by atoms with Crippen molar-refractivity contribution in [3.8, 4) is 40.0 Å². The van der Waals surface area contributed by atoms with E-state index in [-0.39, 0.29) is 76.9 Å². The average molecular weight is 576 g/mol. The van der Waals surface area contributed by atoms with Crippen LogP contribution in [0.15, 0.2) is 36.7 Å². The highest BCUT2D eigenvalue weighted by molar-refractivity contribution is 5.79. The molecule has 3 aromatic heterocycles. The zero-order valence-electron chi connectivity index (χ0n) is 22.0. The molecule has 3 heterocycles. The number of hydrogen-bond acceptors (Lipinski definition) is 10. The predicted octanol–water partition coefficient (Wildman–Crippen LogP) is 3.30. The molecule has 0 radical (unpaired) electrons. The van der Waals surface area contributed by atoms with E-state index in [1.165, 1.54) is 26.6 Å². The van der Waals surface area contributed by atoms with E-state index in [1.54, 1.807) is 13.0 Å². The Kier molecular flexibility index (Phi) is 8.61. The number of nitrogen functional groups attached to an aromatic ring is 1. The van der Waals surface area contributed by atoms with Gasteiger partial charge in [-0.05, 0) is 31.2 Å². The summed E-state index contributed by atoms with van der Waals surface area (Å²) < 4.78 is 64.1. The monoisotopic (exact) mass is 575 g/mol. The molecule has 0 saturated heterocycles. The lowest BCUT2D eigenvalue weighted by Crippen LogP contribution is -2.39. The molecular formula is C25H25F4N9O3. The first-order valence-corrected chi connectivity index (χ1v) is 12.0. The van der Waals surface area contributed by atoms with Crippen molar-refractivity contribution in [3.05, 3.63) is 48.0 Å². The minimum atomic E-state index is -4.72. The van der Waals surface area contributed by atoms with Crippen LogP contribution < -0.4 is 21.1 Å². The number of nitrogens with zero attached hydrogens (tertiary/aromatic N) is 5. The van der Waals surface area contributed by atoms with Gasteiger partial charge in [0.05, 0.1) is 35.8 Å². The molecule has 12 nitrogen and oxygen atoms in total. The van der Waals surface area contributed by atoms with Gasteiger partial charge < -0.3 is 30.8 Å². The number of rotatable bonds is 10. The van der Waals surface area contributed by atoms with E-state index in [2.05, 4.69) is 40.5 Å². The van der Waals surface area contributed by atoms with Crippen molar-refractivity contribution in [1.29, 1.82) is 0 Å². The van der Waals surface area contributed by atoms with Crippen molar-refractivity contribution in [2.24, 2.45) is 0 Å². The molecule has 1 aromatic carbocycles. The van der Waals surface area contributed by atoms with Crippen molar-refractivity contribution >= 4 is 17.7 Å². The van der Waals surface area contributed by atoms with E-state index in [0.29, 0.717) is 6.07 Å². The summed E-state index contributed by atoms with van der Waals surface area (Å²) in [5.74, 6) is -1.29. The third kappa shape index (κ3) is 6.84. The SMILES string of the molecule is COCC(=O)NC(C)CNc1nccc(-c2[nH]c(-c3ccc(C(F)(F)F)cc3F)nc2-c2cnc(N)c(OC)n2)n1. The summed E-state index contributed by atoms with van der Waals surface area (Å²) in [5, 5.41) is 5.75. The Morgan fingerprint density at radius 3 is 2.59 bits per heavy atom. The van der Waals surface area contributed by atoms with Gasteiger partial charge in [-0.1, -0.05) is 0 Å². The van der Waals surface area contributed by atoms with Crippen molar-refractivity contribution in [2.75, 3.05) is 38.4 Å². The lowest BCUT2D eigenvalue weighted by atomic mass is 10.1. The van der Waals surface area contributed by atoms with Crippen LogP contribution in [-0.4, -0.2) is 69.2 Å². The standard InChI is InChI=1S/C25H25F4N9O3/c1-12(34-18(39)11-40-2)9-33-24-31-7-6-16(36-24)19-20(17-10-32-21(30)23(35-17)41-3)38-22(37-19)14-5-4-13(8-15(14)26)25(27,28)29/h4-8,10,12H,9,11H2,1-3H3,(H2,30,32)(H,34,39)(H,37,38)(H,31,33,36). The van der Waals surface area contributed by atoms with Crippen LogP contribution in [0.5, 0.6) is 5.88 Å². The molecule has 4 rings (SSSR count).